The van der Waals surface area contributed by atoms with Crippen LogP contribution in [0.25, 0.3) is 0 Å². The minimum absolute atomic E-state index is 0.0270. The molecule has 10 heteroatoms. The van der Waals surface area contributed by atoms with E-state index in [4.69, 9.17) is 18.9 Å². The lowest BCUT2D eigenvalue weighted by molar-refractivity contribution is -0.385. The van der Waals surface area contributed by atoms with E-state index in [1.54, 1.807) is 20.8 Å². The fourth-order valence-electron chi connectivity index (χ4n) is 3.42. The molecule has 1 amide bonds. The second-order valence-corrected chi connectivity index (χ2v) is 8.33. The summed E-state index contributed by atoms with van der Waals surface area (Å²) in [4.78, 5) is 37.1. The summed E-state index contributed by atoms with van der Waals surface area (Å²) in [5, 5.41) is 11.2. The van der Waals surface area contributed by atoms with Crippen LogP contribution in [0.2, 0.25) is 0 Å². The van der Waals surface area contributed by atoms with Gasteiger partial charge in [-0.05, 0) is 33.6 Å². The summed E-state index contributed by atoms with van der Waals surface area (Å²) in [6.07, 6.45) is 0.794. The van der Waals surface area contributed by atoms with E-state index < -0.39 is 28.5 Å². The number of fused-ring (bicyclic) bond motifs is 1. The number of piperidine rings is 1. The van der Waals surface area contributed by atoms with Crippen LogP contribution in [0.15, 0.2) is 12.1 Å². The number of esters is 1. The van der Waals surface area contributed by atoms with Gasteiger partial charge in [-0.25, -0.2) is 4.79 Å². The normalized spacial score (nSPS) is 18.8. The summed E-state index contributed by atoms with van der Waals surface area (Å²) in [7, 11) is 0. The van der Waals surface area contributed by atoms with E-state index in [-0.39, 0.29) is 32.2 Å². The SMILES string of the molecule is CC(C)(C)OC(=O)N1CCC[C@@H](C(=O)OCc2cc([N+](=O)[O-])cc3c2OCOC3)C1. The molecule has 0 aliphatic carbocycles. The Balaban J connectivity index is 1.65. The van der Waals surface area contributed by atoms with Gasteiger partial charge >= 0.3 is 12.1 Å². The molecule has 2 aliphatic heterocycles. The zero-order valence-corrected chi connectivity index (χ0v) is 17.3. The molecule has 1 aromatic rings. The molecule has 1 saturated heterocycles. The highest BCUT2D eigenvalue weighted by Gasteiger charge is 2.32. The van der Waals surface area contributed by atoms with Crippen LogP contribution in [0, 0.1) is 16.0 Å². The quantitative estimate of drug-likeness (QED) is 0.413. The maximum absolute atomic E-state index is 12.6. The first-order valence-corrected chi connectivity index (χ1v) is 9.79. The molecule has 3 rings (SSSR count). The number of rotatable bonds is 4. The Labute approximate surface area is 174 Å². The number of amides is 1. The van der Waals surface area contributed by atoms with Crippen LogP contribution >= 0.6 is 0 Å². The lowest BCUT2D eigenvalue weighted by Crippen LogP contribution is -2.45. The number of hydrogen-bond acceptors (Lipinski definition) is 8. The van der Waals surface area contributed by atoms with Crippen LogP contribution in [0.4, 0.5) is 10.5 Å². The third-order valence-electron chi connectivity index (χ3n) is 4.76. The van der Waals surface area contributed by atoms with Gasteiger partial charge in [-0.15, -0.1) is 0 Å². The smallest absolute Gasteiger partial charge is 0.410 e. The zero-order valence-electron chi connectivity index (χ0n) is 17.3. The van der Waals surface area contributed by atoms with Crippen molar-refractivity contribution in [3.63, 3.8) is 0 Å². The second kappa shape index (κ2) is 8.86. The molecule has 30 heavy (non-hydrogen) atoms. The van der Waals surface area contributed by atoms with Crippen LogP contribution < -0.4 is 4.74 Å². The molecule has 10 nitrogen and oxygen atoms in total. The van der Waals surface area contributed by atoms with Crippen molar-refractivity contribution in [1.29, 1.82) is 0 Å². The number of likely N-dealkylation sites (tertiary alicyclic amines) is 1. The molecule has 1 aromatic carbocycles. The van der Waals surface area contributed by atoms with Gasteiger partial charge in [0.2, 0.25) is 0 Å². The van der Waals surface area contributed by atoms with Gasteiger partial charge in [0, 0.05) is 36.3 Å². The predicted octanol–water partition coefficient (Wildman–Crippen LogP) is 3.15. The molecule has 2 heterocycles. The fourth-order valence-corrected chi connectivity index (χ4v) is 3.42. The average Bonchev–Trinajstić information content (AvgIpc) is 2.70. The van der Waals surface area contributed by atoms with Crippen molar-refractivity contribution in [2.24, 2.45) is 5.92 Å². The van der Waals surface area contributed by atoms with Crippen LogP contribution in [0.3, 0.4) is 0 Å². The van der Waals surface area contributed by atoms with E-state index in [9.17, 15) is 19.7 Å². The summed E-state index contributed by atoms with van der Waals surface area (Å²) >= 11 is 0. The Bertz CT molecular complexity index is 833. The topological polar surface area (TPSA) is 117 Å². The Morgan fingerprint density at radius 1 is 1.33 bits per heavy atom. The lowest BCUT2D eigenvalue weighted by atomic mass is 9.98. The molecule has 0 aromatic heterocycles. The third-order valence-corrected chi connectivity index (χ3v) is 4.76. The number of nitro groups is 1. The van der Waals surface area contributed by atoms with Crippen LogP contribution in [0.1, 0.15) is 44.7 Å². The number of carbonyl (C=O) groups excluding carboxylic acids is 2. The maximum Gasteiger partial charge on any atom is 0.410 e. The number of ether oxygens (including phenoxy) is 4. The minimum Gasteiger partial charge on any atom is -0.467 e. The van der Waals surface area contributed by atoms with Crippen molar-refractivity contribution in [3.8, 4) is 5.75 Å². The maximum atomic E-state index is 12.6. The Morgan fingerprint density at radius 3 is 2.80 bits per heavy atom. The molecule has 0 N–H and O–H groups in total. The van der Waals surface area contributed by atoms with Crippen molar-refractivity contribution in [2.75, 3.05) is 19.9 Å². The van der Waals surface area contributed by atoms with Crippen molar-refractivity contribution in [2.45, 2.75) is 52.4 Å². The molecule has 0 spiro atoms. The number of hydrogen-bond donors (Lipinski definition) is 0. The molecule has 1 fully saturated rings. The highest BCUT2D eigenvalue weighted by molar-refractivity contribution is 5.75. The van der Waals surface area contributed by atoms with Gasteiger partial charge in [-0.1, -0.05) is 0 Å². The summed E-state index contributed by atoms with van der Waals surface area (Å²) in [5.74, 6) is -0.501. The number of benzene rings is 1. The lowest BCUT2D eigenvalue weighted by Gasteiger charge is -2.33. The van der Waals surface area contributed by atoms with Crippen molar-refractivity contribution in [3.05, 3.63) is 33.4 Å². The van der Waals surface area contributed by atoms with Gasteiger partial charge in [0.25, 0.3) is 5.69 Å². The number of nitro benzene ring substituents is 1. The van der Waals surface area contributed by atoms with E-state index in [0.717, 1.165) is 0 Å². The monoisotopic (exact) mass is 422 g/mol. The largest absolute Gasteiger partial charge is 0.467 e. The van der Waals surface area contributed by atoms with Gasteiger partial charge in [0.1, 0.15) is 18.0 Å². The van der Waals surface area contributed by atoms with E-state index in [0.29, 0.717) is 36.3 Å². The Kier molecular flexibility index (Phi) is 6.45. The highest BCUT2D eigenvalue weighted by Crippen LogP contribution is 2.33. The molecule has 0 bridgehead atoms. The van der Waals surface area contributed by atoms with Gasteiger partial charge < -0.3 is 23.8 Å². The van der Waals surface area contributed by atoms with Gasteiger partial charge in [-0.3, -0.25) is 14.9 Å². The Hall–Kier alpha value is -2.88. The van der Waals surface area contributed by atoms with E-state index in [1.807, 2.05) is 0 Å². The van der Waals surface area contributed by atoms with Crippen molar-refractivity contribution < 1.29 is 33.5 Å². The number of nitrogens with zero attached hydrogens (tertiary/aromatic N) is 2. The Morgan fingerprint density at radius 2 is 2.10 bits per heavy atom. The standard InChI is InChI=1S/C20H26N2O8/c1-20(2,3)30-19(24)21-6-4-5-13(9-21)18(23)28-11-15-8-16(22(25)26)7-14-10-27-12-29-17(14)15/h7-8,13H,4-6,9-12H2,1-3H3/t13-/m1/s1. The van der Waals surface area contributed by atoms with E-state index >= 15 is 0 Å². The zero-order chi connectivity index (χ0) is 21.9. The number of non-ortho nitro benzene ring substituents is 1. The van der Waals surface area contributed by atoms with E-state index in [1.165, 1.54) is 17.0 Å². The van der Waals surface area contributed by atoms with Crippen LogP contribution in [0.5, 0.6) is 5.75 Å². The van der Waals surface area contributed by atoms with Crippen molar-refractivity contribution >= 4 is 17.7 Å². The highest BCUT2D eigenvalue weighted by atomic mass is 16.7. The summed E-state index contributed by atoms with van der Waals surface area (Å²) in [5.41, 5.74) is 0.212. The molecule has 2 aliphatic rings. The predicted molar refractivity (Wildman–Crippen MR) is 104 cm³/mol. The molecular formula is C20H26N2O8. The third kappa shape index (κ3) is 5.38. The molecule has 0 unspecified atom stereocenters. The second-order valence-electron chi connectivity index (χ2n) is 8.33. The molecule has 0 saturated carbocycles. The first-order chi connectivity index (χ1) is 14.1. The molecular weight excluding hydrogens is 396 g/mol. The molecule has 1 atom stereocenters. The number of carbonyl (C=O) groups is 2. The summed E-state index contributed by atoms with van der Waals surface area (Å²) in [6.45, 7) is 6.14. The minimum atomic E-state index is -0.616. The van der Waals surface area contributed by atoms with E-state index in [2.05, 4.69) is 0 Å². The summed E-state index contributed by atoms with van der Waals surface area (Å²) in [6, 6.07) is 2.73. The van der Waals surface area contributed by atoms with Crippen LogP contribution in [-0.4, -0.2) is 47.4 Å². The first-order valence-electron chi connectivity index (χ1n) is 9.79. The average molecular weight is 422 g/mol. The molecule has 0 radical (unpaired) electrons. The fraction of sp³-hybridized carbons (Fsp3) is 0.600. The molecule has 164 valence electrons. The summed E-state index contributed by atoms with van der Waals surface area (Å²) < 4.78 is 21.4. The van der Waals surface area contributed by atoms with Gasteiger partial charge in [0.05, 0.1) is 17.4 Å². The van der Waals surface area contributed by atoms with Gasteiger partial charge in [-0.2, -0.15) is 0 Å². The van der Waals surface area contributed by atoms with Crippen LogP contribution in [-0.2, 0) is 32.2 Å². The van der Waals surface area contributed by atoms with Crippen molar-refractivity contribution in [1.82, 2.24) is 4.90 Å². The van der Waals surface area contributed by atoms with Gasteiger partial charge in [0.15, 0.2) is 6.79 Å². The first kappa shape index (κ1) is 21.8.